The Morgan fingerprint density at radius 1 is 1.57 bits per heavy atom. The summed E-state index contributed by atoms with van der Waals surface area (Å²) in [6, 6.07) is 4.74. The Kier molecular flexibility index (Phi) is 5.14. The van der Waals surface area contributed by atoms with Crippen LogP contribution in [0.25, 0.3) is 0 Å². The predicted octanol–water partition coefficient (Wildman–Crippen LogP) is 1.60. The lowest BCUT2D eigenvalue weighted by Crippen LogP contribution is -2.47. The monoisotopic (exact) mass is 295 g/mol. The van der Waals surface area contributed by atoms with Crippen LogP contribution in [0.1, 0.15) is 19.4 Å². The molecule has 0 aliphatic carbocycles. The molecule has 1 aromatic rings. The molecule has 0 radical (unpaired) electrons. The van der Waals surface area contributed by atoms with E-state index >= 15 is 0 Å². The van der Waals surface area contributed by atoms with Gasteiger partial charge in [0.25, 0.3) is 0 Å². The maximum absolute atomic E-state index is 13.8. The highest BCUT2D eigenvalue weighted by Crippen LogP contribution is 2.19. The van der Waals surface area contributed by atoms with Crippen LogP contribution in [0, 0.1) is 11.2 Å². The van der Waals surface area contributed by atoms with E-state index in [1.807, 2.05) is 0 Å². The molecule has 1 heterocycles. The summed E-state index contributed by atoms with van der Waals surface area (Å²) in [6.45, 7) is 6.95. The summed E-state index contributed by atoms with van der Waals surface area (Å²) in [5.74, 6) is -0.520. The van der Waals surface area contributed by atoms with Crippen molar-refractivity contribution in [1.82, 2.24) is 4.90 Å². The third kappa shape index (κ3) is 4.15. The van der Waals surface area contributed by atoms with E-state index in [-0.39, 0.29) is 17.7 Å². The molecule has 1 aliphatic heterocycles. The van der Waals surface area contributed by atoms with Gasteiger partial charge in [0.05, 0.1) is 6.61 Å². The minimum atomic E-state index is -0.515. The zero-order valence-corrected chi connectivity index (χ0v) is 12.4. The van der Waals surface area contributed by atoms with Gasteiger partial charge < -0.3 is 15.2 Å². The van der Waals surface area contributed by atoms with Crippen molar-refractivity contribution in [2.45, 2.75) is 26.0 Å². The molecule has 3 N–H and O–H groups in total. The van der Waals surface area contributed by atoms with Gasteiger partial charge in [0.2, 0.25) is 0 Å². The van der Waals surface area contributed by atoms with Crippen LogP contribution < -0.4 is 10.5 Å². The van der Waals surface area contributed by atoms with Gasteiger partial charge in [0, 0.05) is 24.7 Å². The summed E-state index contributed by atoms with van der Waals surface area (Å²) < 4.78 is 25.0. The van der Waals surface area contributed by atoms with Crippen molar-refractivity contribution < 1.29 is 13.9 Å². The highest BCUT2D eigenvalue weighted by molar-refractivity contribution is 5.95. The number of amidine groups is 1. The van der Waals surface area contributed by atoms with E-state index in [1.165, 1.54) is 12.1 Å². The SMILES string of the molecule is CC(C)N1CCOC(COc2ccc(C(=N)N)cc2F)C1. The Morgan fingerprint density at radius 3 is 2.95 bits per heavy atom. The minimum Gasteiger partial charge on any atom is -0.488 e. The molecular formula is C15H22FN3O2. The lowest BCUT2D eigenvalue weighted by Gasteiger charge is -2.35. The molecule has 2 rings (SSSR count). The molecule has 0 spiro atoms. The largest absolute Gasteiger partial charge is 0.488 e. The molecule has 21 heavy (non-hydrogen) atoms. The van der Waals surface area contributed by atoms with Crippen molar-refractivity contribution >= 4 is 5.84 Å². The van der Waals surface area contributed by atoms with Gasteiger partial charge in [-0.2, -0.15) is 0 Å². The standard InChI is InChI=1S/C15H22FN3O2/c1-10(2)19-5-6-20-12(8-19)9-21-14-4-3-11(15(17)18)7-13(14)16/h3-4,7,10,12H,5-6,8-9H2,1-2H3,(H3,17,18). The van der Waals surface area contributed by atoms with Gasteiger partial charge >= 0.3 is 0 Å². The first-order chi connectivity index (χ1) is 9.97. The molecular weight excluding hydrogens is 273 g/mol. The van der Waals surface area contributed by atoms with E-state index in [0.717, 1.165) is 13.1 Å². The number of rotatable bonds is 5. The summed E-state index contributed by atoms with van der Waals surface area (Å²) in [5.41, 5.74) is 5.66. The fourth-order valence-electron chi connectivity index (χ4n) is 2.28. The van der Waals surface area contributed by atoms with Gasteiger partial charge in [-0.15, -0.1) is 0 Å². The third-order valence-corrected chi connectivity index (χ3v) is 3.57. The number of nitrogens with one attached hydrogen (secondary N) is 1. The molecule has 0 aromatic heterocycles. The van der Waals surface area contributed by atoms with Crippen LogP contribution in [0.5, 0.6) is 5.75 Å². The first kappa shape index (κ1) is 15.7. The van der Waals surface area contributed by atoms with Gasteiger partial charge in [-0.05, 0) is 32.0 Å². The average Bonchev–Trinajstić information content (AvgIpc) is 2.46. The highest BCUT2D eigenvalue weighted by Gasteiger charge is 2.23. The molecule has 0 bridgehead atoms. The van der Waals surface area contributed by atoms with Gasteiger partial charge in [0.15, 0.2) is 11.6 Å². The number of benzene rings is 1. The van der Waals surface area contributed by atoms with Gasteiger partial charge in [-0.1, -0.05) is 0 Å². The van der Waals surface area contributed by atoms with Gasteiger partial charge in [0.1, 0.15) is 18.5 Å². The molecule has 5 nitrogen and oxygen atoms in total. The molecule has 1 fully saturated rings. The van der Waals surface area contributed by atoms with E-state index in [4.69, 9.17) is 20.6 Å². The van der Waals surface area contributed by atoms with Crippen molar-refractivity contribution in [1.29, 1.82) is 5.41 Å². The Hall–Kier alpha value is -1.66. The molecule has 116 valence electrons. The van der Waals surface area contributed by atoms with Crippen molar-refractivity contribution in [3.8, 4) is 5.75 Å². The van der Waals surface area contributed by atoms with Crippen LogP contribution in [0.2, 0.25) is 0 Å². The summed E-state index contributed by atoms with van der Waals surface area (Å²) in [4.78, 5) is 2.31. The van der Waals surface area contributed by atoms with E-state index < -0.39 is 5.82 Å². The van der Waals surface area contributed by atoms with Crippen LogP contribution in [0.15, 0.2) is 18.2 Å². The topological polar surface area (TPSA) is 71.6 Å². The maximum Gasteiger partial charge on any atom is 0.165 e. The zero-order chi connectivity index (χ0) is 15.4. The Bertz CT molecular complexity index is 508. The van der Waals surface area contributed by atoms with Crippen LogP contribution >= 0.6 is 0 Å². The molecule has 1 aromatic carbocycles. The summed E-state index contributed by atoms with van der Waals surface area (Å²) >= 11 is 0. The number of halogens is 1. The Labute approximate surface area is 124 Å². The predicted molar refractivity (Wildman–Crippen MR) is 79.4 cm³/mol. The third-order valence-electron chi connectivity index (χ3n) is 3.57. The summed E-state index contributed by atoms with van der Waals surface area (Å²) in [7, 11) is 0. The molecule has 1 atom stereocenters. The number of nitrogens with zero attached hydrogens (tertiary/aromatic N) is 1. The smallest absolute Gasteiger partial charge is 0.165 e. The molecule has 1 saturated heterocycles. The highest BCUT2D eigenvalue weighted by atomic mass is 19.1. The van der Waals surface area contributed by atoms with Crippen molar-refractivity contribution in [3.05, 3.63) is 29.6 Å². The summed E-state index contributed by atoms with van der Waals surface area (Å²) in [6.07, 6.45) is -0.0620. The molecule has 1 aliphatic rings. The second kappa shape index (κ2) is 6.87. The van der Waals surface area contributed by atoms with E-state index in [1.54, 1.807) is 6.07 Å². The lowest BCUT2D eigenvalue weighted by atomic mass is 10.2. The second-order valence-electron chi connectivity index (χ2n) is 5.45. The van der Waals surface area contributed by atoms with Crippen LogP contribution in [0.4, 0.5) is 4.39 Å². The number of morpholine rings is 1. The molecule has 0 saturated carbocycles. The number of nitrogen functional groups attached to an aromatic ring is 1. The fourth-order valence-corrected chi connectivity index (χ4v) is 2.28. The lowest BCUT2D eigenvalue weighted by molar-refractivity contribution is -0.0568. The van der Waals surface area contributed by atoms with Crippen LogP contribution in [0.3, 0.4) is 0 Å². The maximum atomic E-state index is 13.8. The second-order valence-corrected chi connectivity index (χ2v) is 5.45. The molecule has 6 heteroatoms. The Morgan fingerprint density at radius 2 is 2.33 bits per heavy atom. The Balaban J connectivity index is 1.92. The van der Waals surface area contributed by atoms with Gasteiger partial charge in [-0.3, -0.25) is 10.3 Å². The van der Waals surface area contributed by atoms with Gasteiger partial charge in [-0.25, -0.2) is 4.39 Å². The quantitative estimate of drug-likeness (QED) is 0.639. The van der Waals surface area contributed by atoms with E-state index in [2.05, 4.69) is 18.7 Å². The number of hydrogen-bond donors (Lipinski definition) is 2. The van der Waals surface area contributed by atoms with Crippen molar-refractivity contribution in [3.63, 3.8) is 0 Å². The van der Waals surface area contributed by atoms with E-state index in [9.17, 15) is 4.39 Å². The van der Waals surface area contributed by atoms with Crippen LogP contribution in [-0.4, -0.2) is 49.2 Å². The summed E-state index contributed by atoms with van der Waals surface area (Å²) in [5, 5.41) is 7.27. The first-order valence-electron chi connectivity index (χ1n) is 7.09. The number of ether oxygens (including phenoxy) is 2. The fraction of sp³-hybridized carbons (Fsp3) is 0.533. The number of nitrogens with two attached hydrogens (primary N) is 1. The van der Waals surface area contributed by atoms with Crippen molar-refractivity contribution in [2.75, 3.05) is 26.3 Å². The van der Waals surface area contributed by atoms with E-state index in [0.29, 0.717) is 24.8 Å². The minimum absolute atomic E-state index is 0.0620. The van der Waals surface area contributed by atoms with Crippen LogP contribution in [-0.2, 0) is 4.74 Å². The molecule has 1 unspecified atom stereocenters. The van der Waals surface area contributed by atoms with Crippen molar-refractivity contribution in [2.24, 2.45) is 5.73 Å². The first-order valence-corrected chi connectivity index (χ1v) is 7.09. The number of hydrogen-bond acceptors (Lipinski definition) is 4. The normalized spacial score (nSPS) is 19.7. The molecule has 0 amide bonds. The average molecular weight is 295 g/mol. The zero-order valence-electron chi connectivity index (χ0n) is 12.4.